The standard InChI is InChI=1S/C11H16ClNO/c1-8-4-5-9(12)10(6-8)14-11(2,3)7-13/h4-6H,7,13H2,1-3H3. The molecule has 0 aromatic heterocycles. The Labute approximate surface area is 90.0 Å². The fourth-order valence-corrected chi connectivity index (χ4v) is 1.18. The molecule has 2 N–H and O–H groups in total. The highest BCUT2D eigenvalue weighted by Crippen LogP contribution is 2.28. The van der Waals surface area contributed by atoms with Crippen molar-refractivity contribution < 1.29 is 4.74 Å². The van der Waals surface area contributed by atoms with E-state index in [4.69, 9.17) is 22.1 Å². The van der Waals surface area contributed by atoms with E-state index < -0.39 is 0 Å². The molecule has 0 aliphatic rings. The summed E-state index contributed by atoms with van der Waals surface area (Å²) in [5, 5.41) is 0.622. The molecule has 0 radical (unpaired) electrons. The fourth-order valence-electron chi connectivity index (χ4n) is 1.03. The normalized spacial score (nSPS) is 11.5. The first kappa shape index (κ1) is 11.3. The predicted octanol–water partition coefficient (Wildman–Crippen LogP) is 2.76. The summed E-state index contributed by atoms with van der Waals surface area (Å²) in [4.78, 5) is 0. The Kier molecular flexibility index (Phi) is 3.40. The number of hydrogen-bond donors (Lipinski definition) is 1. The maximum atomic E-state index is 5.99. The van der Waals surface area contributed by atoms with E-state index in [1.807, 2.05) is 39.0 Å². The molecule has 0 saturated carbocycles. The summed E-state index contributed by atoms with van der Waals surface area (Å²) >= 11 is 5.99. The van der Waals surface area contributed by atoms with Gasteiger partial charge in [0.05, 0.1) is 5.02 Å². The van der Waals surface area contributed by atoms with Crippen molar-refractivity contribution in [1.82, 2.24) is 0 Å². The molecule has 0 aliphatic carbocycles. The van der Waals surface area contributed by atoms with E-state index in [-0.39, 0.29) is 5.60 Å². The summed E-state index contributed by atoms with van der Waals surface area (Å²) in [7, 11) is 0. The molecule has 1 aromatic carbocycles. The van der Waals surface area contributed by atoms with E-state index in [9.17, 15) is 0 Å². The lowest BCUT2D eigenvalue weighted by molar-refractivity contribution is 0.119. The number of ether oxygens (including phenoxy) is 1. The van der Waals surface area contributed by atoms with Crippen LogP contribution in [-0.4, -0.2) is 12.1 Å². The molecule has 0 saturated heterocycles. The maximum absolute atomic E-state index is 5.99. The van der Waals surface area contributed by atoms with Gasteiger partial charge in [-0.25, -0.2) is 0 Å². The smallest absolute Gasteiger partial charge is 0.139 e. The molecule has 0 heterocycles. The molecule has 1 aromatic rings. The third kappa shape index (κ3) is 2.89. The first-order chi connectivity index (χ1) is 6.44. The largest absolute Gasteiger partial charge is 0.485 e. The van der Waals surface area contributed by atoms with Crippen molar-refractivity contribution >= 4 is 11.6 Å². The Bertz CT molecular complexity index is 323. The second kappa shape index (κ2) is 4.20. The van der Waals surface area contributed by atoms with Gasteiger partial charge < -0.3 is 10.5 Å². The van der Waals surface area contributed by atoms with Crippen LogP contribution in [0.4, 0.5) is 0 Å². The SMILES string of the molecule is Cc1ccc(Cl)c(OC(C)(C)CN)c1. The average Bonchev–Trinajstić information content (AvgIpc) is 2.11. The fraction of sp³-hybridized carbons (Fsp3) is 0.455. The van der Waals surface area contributed by atoms with Crippen LogP contribution in [0.5, 0.6) is 5.75 Å². The van der Waals surface area contributed by atoms with Crippen molar-refractivity contribution in [2.24, 2.45) is 5.73 Å². The highest BCUT2D eigenvalue weighted by atomic mass is 35.5. The van der Waals surface area contributed by atoms with Crippen molar-refractivity contribution in [3.8, 4) is 5.75 Å². The van der Waals surface area contributed by atoms with Crippen LogP contribution in [-0.2, 0) is 0 Å². The second-order valence-electron chi connectivity index (χ2n) is 4.00. The van der Waals surface area contributed by atoms with Gasteiger partial charge in [0.1, 0.15) is 11.4 Å². The number of rotatable bonds is 3. The van der Waals surface area contributed by atoms with Crippen molar-refractivity contribution in [1.29, 1.82) is 0 Å². The van der Waals surface area contributed by atoms with Crippen LogP contribution in [0.2, 0.25) is 5.02 Å². The Morgan fingerprint density at radius 2 is 2.07 bits per heavy atom. The molecule has 0 amide bonds. The predicted molar refractivity (Wildman–Crippen MR) is 60.0 cm³/mol. The van der Waals surface area contributed by atoms with E-state index in [1.165, 1.54) is 0 Å². The molecule has 0 aliphatic heterocycles. The van der Waals surface area contributed by atoms with Gasteiger partial charge in [-0.3, -0.25) is 0 Å². The van der Waals surface area contributed by atoms with Crippen molar-refractivity contribution in [2.75, 3.05) is 6.54 Å². The Morgan fingerprint density at radius 1 is 1.43 bits per heavy atom. The quantitative estimate of drug-likeness (QED) is 0.838. The molecule has 1 rings (SSSR count). The highest BCUT2D eigenvalue weighted by Gasteiger charge is 2.18. The first-order valence-electron chi connectivity index (χ1n) is 4.60. The average molecular weight is 214 g/mol. The van der Waals surface area contributed by atoms with Gasteiger partial charge in [-0.1, -0.05) is 17.7 Å². The van der Waals surface area contributed by atoms with Gasteiger partial charge in [-0.05, 0) is 38.5 Å². The monoisotopic (exact) mass is 213 g/mol. The maximum Gasteiger partial charge on any atom is 0.139 e. The summed E-state index contributed by atoms with van der Waals surface area (Å²) in [5.41, 5.74) is 6.32. The summed E-state index contributed by atoms with van der Waals surface area (Å²) < 4.78 is 5.71. The summed E-state index contributed by atoms with van der Waals surface area (Å²) in [6.45, 7) is 6.33. The van der Waals surface area contributed by atoms with Crippen molar-refractivity contribution in [3.05, 3.63) is 28.8 Å². The lowest BCUT2D eigenvalue weighted by Gasteiger charge is -2.25. The van der Waals surface area contributed by atoms with Gasteiger partial charge >= 0.3 is 0 Å². The van der Waals surface area contributed by atoms with Gasteiger partial charge in [0, 0.05) is 6.54 Å². The van der Waals surface area contributed by atoms with Gasteiger partial charge in [0.15, 0.2) is 0 Å². The van der Waals surface area contributed by atoms with Crippen LogP contribution in [0.25, 0.3) is 0 Å². The molecule has 0 fully saturated rings. The van der Waals surface area contributed by atoms with Crippen LogP contribution in [0.1, 0.15) is 19.4 Å². The minimum atomic E-state index is -0.378. The van der Waals surface area contributed by atoms with Gasteiger partial charge in [-0.2, -0.15) is 0 Å². The van der Waals surface area contributed by atoms with Crippen LogP contribution in [0, 0.1) is 6.92 Å². The molecule has 78 valence electrons. The zero-order valence-corrected chi connectivity index (χ0v) is 9.56. The first-order valence-corrected chi connectivity index (χ1v) is 4.98. The van der Waals surface area contributed by atoms with Crippen LogP contribution in [0.15, 0.2) is 18.2 Å². The Morgan fingerprint density at radius 3 is 2.64 bits per heavy atom. The summed E-state index contributed by atoms with van der Waals surface area (Å²) in [6.07, 6.45) is 0. The molecular formula is C11H16ClNO. The molecule has 2 nitrogen and oxygen atoms in total. The van der Waals surface area contributed by atoms with Gasteiger partial charge in [0.2, 0.25) is 0 Å². The number of benzene rings is 1. The van der Waals surface area contributed by atoms with Crippen LogP contribution >= 0.6 is 11.6 Å². The second-order valence-corrected chi connectivity index (χ2v) is 4.41. The summed E-state index contributed by atoms with van der Waals surface area (Å²) in [5.74, 6) is 0.696. The zero-order chi connectivity index (χ0) is 10.8. The third-order valence-electron chi connectivity index (χ3n) is 1.96. The molecule has 0 spiro atoms. The van der Waals surface area contributed by atoms with Gasteiger partial charge in [0.25, 0.3) is 0 Å². The van der Waals surface area contributed by atoms with E-state index in [0.29, 0.717) is 17.3 Å². The Balaban J connectivity index is 2.91. The molecule has 0 unspecified atom stereocenters. The van der Waals surface area contributed by atoms with E-state index in [0.717, 1.165) is 5.56 Å². The molecule has 0 atom stereocenters. The third-order valence-corrected chi connectivity index (χ3v) is 2.28. The number of nitrogens with two attached hydrogens (primary N) is 1. The molecule has 0 bridgehead atoms. The van der Waals surface area contributed by atoms with Crippen molar-refractivity contribution in [2.45, 2.75) is 26.4 Å². The van der Waals surface area contributed by atoms with Crippen LogP contribution in [0.3, 0.4) is 0 Å². The molecular weight excluding hydrogens is 198 g/mol. The topological polar surface area (TPSA) is 35.2 Å². The van der Waals surface area contributed by atoms with Gasteiger partial charge in [-0.15, -0.1) is 0 Å². The zero-order valence-electron chi connectivity index (χ0n) is 8.80. The number of hydrogen-bond acceptors (Lipinski definition) is 2. The minimum absolute atomic E-state index is 0.378. The minimum Gasteiger partial charge on any atom is -0.485 e. The van der Waals surface area contributed by atoms with E-state index in [1.54, 1.807) is 0 Å². The Hall–Kier alpha value is -0.730. The lowest BCUT2D eigenvalue weighted by atomic mass is 10.1. The van der Waals surface area contributed by atoms with E-state index in [2.05, 4.69) is 0 Å². The van der Waals surface area contributed by atoms with Crippen molar-refractivity contribution in [3.63, 3.8) is 0 Å². The lowest BCUT2D eigenvalue weighted by Crippen LogP contribution is -2.37. The summed E-state index contributed by atoms with van der Waals surface area (Å²) in [6, 6.07) is 5.70. The van der Waals surface area contributed by atoms with E-state index >= 15 is 0 Å². The van der Waals surface area contributed by atoms with Crippen LogP contribution < -0.4 is 10.5 Å². The highest BCUT2D eigenvalue weighted by molar-refractivity contribution is 6.32. The molecule has 3 heteroatoms. The number of halogens is 1. The molecule has 14 heavy (non-hydrogen) atoms. The number of aryl methyl sites for hydroxylation is 1.